The van der Waals surface area contributed by atoms with Crippen molar-refractivity contribution >= 4 is 11.4 Å². The van der Waals surface area contributed by atoms with E-state index in [1.54, 1.807) is 12.1 Å². The number of para-hydroxylation sites is 1. The molecular weight excluding hydrogens is 227 g/mol. The van der Waals surface area contributed by atoms with Crippen LogP contribution >= 0.6 is 0 Å². The maximum absolute atomic E-state index is 12.9. The number of rotatable bonds is 3. The Morgan fingerprint density at radius 3 is 2.39 bits per heavy atom. The van der Waals surface area contributed by atoms with Crippen molar-refractivity contribution in [1.82, 2.24) is 0 Å². The van der Waals surface area contributed by atoms with Gasteiger partial charge in [0.25, 0.3) is 0 Å². The smallest absolute Gasteiger partial charge is 0.123 e. The van der Waals surface area contributed by atoms with Crippen LogP contribution in [0.15, 0.2) is 42.5 Å². The zero-order chi connectivity index (χ0) is 13.1. The number of nitrogens with two attached hydrogens (primary N) is 1. The summed E-state index contributed by atoms with van der Waals surface area (Å²) < 4.78 is 12.9. The third kappa shape index (κ3) is 2.62. The van der Waals surface area contributed by atoms with Crippen molar-refractivity contribution in [2.75, 3.05) is 11.1 Å². The average Bonchev–Trinajstić information content (AvgIpc) is 2.34. The molecule has 2 aromatic carbocycles. The maximum atomic E-state index is 12.9. The van der Waals surface area contributed by atoms with Crippen LogP contribution in [0.1, 0.15) is 24.1 Å². The number of halogens is 1. The summed E-state index contributed by atoms with van der Waals surface area (Å²) in [6.07, 6.45) is 0. The molecule has 3 heteroatoms. The minimum Gasteiger partial charge on any atom is -0.397 e. The lowest BCUT2D eigenvalue weighted by molar-refractivity contribution is 0.626. The number of nitrogens with one attached hydrogen (secondary N) is 1. The third-order valence-corrected chi connectivity index (χ3v) is 3.04. The molecule has 0 fully saturated rings. The number of hydrogen-bond acceptors (Lipinski definition) is 2. The van der Waals surface area contributed by atoms with Crippen molar-refractivity contribution in [3.05, 3.63) is 59.4 Å². The fraction of sp³-hybridized carbons (Fsp3) is 0.200. The summed E-state index contributed by atoms with van der Waals surface area (Å²) in [5.41, 5.74) is 9.74. The molecule has 0 aromatic heterocycles. The molecule has 18 heavy (non-hydrogen) atoms. The first-order valence-corrected chi connectivity index (χ1v) is 5.95. The van der Waals surface area contributed by atoms with Gasteiger partial charge in [-0.2, -0.15) is 0 Å². The van der Waals surface area contributed by atoms with E-state index in [4.69, 9.17) is 5.73 Å². The molecular formula is C15H17FN2. The van der Waals surface area contributed by atoms with E-state index in [-0.39, 0.29) is 11.9 Å². The standard InChI is InChI=1S/C15H17FN2/c1-10-4-3-5-14(17)15(10)18-11(2)12-6-8-13(16)9-7-12/h3-9,11,18H,17H2,1-2H3. The molecule has 1 atom stereocenters. The van der Waals surface area contributed by atoms with Crippen LogP contribution in [0.25, 0.3) is 0 Å². The molecule has 0 radical (unpaired) electrons. The van der Waals surface area contributed by atoms with E-state index in [0.717, 1.165) is 22.5 Å². The third-order valence-electron chi connectivity index (χ3n) is 3.04. The Kier molecular flexibility index (Phi) is 3.51. The van der Waals surface area contributed by atoms with Gasteiger partial charge in [0.15, 0.2) is 0 Å². The van der Waals surface area contributed by atoms with Crippen LogP contribution < -0.4 is 11.1 Å². The predicted molar refractivity (Wildman–Crippen MR) is 74.0 cm³/mol. The highest BCUT2D eigenvalue weighted by Crippen LogP contribution is 2.27. The minimum absolute atomic E-state index is 0.0778. The largest absolute Gasteiger partial charge is 0.397 e. The van der Waals surface area contributed by atoms with Crippen LogP contribution in [0.3, 0.4) is 0 Å². The van der Waals surface area contributed by atoms with E-state index in [1.165, 1.54) is 12.1 Å². The number of aryl methyl sites for hydroxylation is 1. The number of benzene rings is 2. The first-order valence-electron chi connectivity index (χ1n) is 5.95. The van der Waals surface area contributed by atoms with Gasteiger partial charge in [0.1, 0.15) is 5.82 Å². The van der Waals surface area contributed by atoms with Gasteiger partial charge in [-0.05, 0) is 43.2 Å². The molecule has 0 aliphatic rings. The van der Waals surface area contributed by atoms with Gasteiger partial charge in [0.2, 0.25) is 0 Å². The fourth-order valence-electron chi connectivity index (χ4n) is 1.94. The van der Waals surface area contributed by atoms with Crippen LogP contribution in [0.5, 0.6) is 0 Å². The Morgan fingerprint density at radius 1 is 1.11 bits per heavy atom. The second kappa shape index (κ2) is 5.08. The summed E-state index contributed by atoms with van der Waals surface area (Å²) >= 11 is 0. The molecule has 0 bridgehead atoms. The zero-order valence-corrected chi connectivity index (χ0v) is 10.6. The lowest BCUT2D eigenvalue weighted by Gasteiger charge is -2.19. The van der Waals surface area contributed by atoms with Crippen LogP contribution in [0, 0.1) is 12.7 Å². The lowest BCUT2D eigenvalue weighted by Crippen LogP contribution is -2.09. The Bertz CT molecular complexity index is 514. The molecule has 1 unspecified atom stereocenters. The van der Waals surface area contributed by atoms with E-state index in [2.05, 4.69) is 5.32 Å². The molecule has 0 aliphatic heterocycles. The molecule has 0 amide bonds. The molecule has 3 N–H and O–H groups in total. The molecule has 2 rings (SSSR count). The van der Waals surface area contributed by atoms with Gasteiger partial charge in [0, 0.05) is 6.04 Å². The van der Waals surface area contributed by atoms with Gasteiger partial charge < -0.3 is 11.1 Å². The average molecular weight is 244 g/mol. The van der Waals surface area contributed by atoms with Gasteiger partial charge in [-0.3, -0.25) is 0 Å². The summed E-state index contributed by atoms with van der Waals surface area (Å²) in [6.45, 7) is 4.04. The molecule has 0 spiro atoms. The Morgan fingerprint density at radius 2 is 1.78 bits per heavy atom. The van der Waals surface area contributed by atoms with E-state index in [9.17, 15) is 4.39 Å². The fourth-order valence-corrected chi connectivity index (χ4v) is 1.94. The Labute approximate surface area is 107 Å². The Balaban J connectivity index is 2.21. The van der Waals surface area contributed by atoms with Crippen molar-refractivity contribution < 1.29 is 4.39 Å². The summed E-state index contributed by atoms with van der Waals surface area (Å²) in [5.74, 6) is -0.221. The van der Waals surface area contributed by atoms with Gasteiger partial charge in [0.05, 0.1) is 11.4 Å². The van der Waals surface area contributed by atoms with Crippen LogP contribution in [-0.2, 0) is 0 Å². The number of hydrogen-bond donors (Lipinski definition) is 2. The summed E-state index contributed by atoms with van der Waals surface area (Å²) in [4.78, 5) is 0. The molecule has 2 aromatic rings. The SMILES string of the molecule is Cc1cccc(N)c1NC(C)c1ccc(F)cc1. The summed E-state index contributed by atoms with van der Waals surface area (Å²) in [5, 5.41) is 3.37. The Hall–Kier alpha value is -2.03. The molecule has 0 saturated heterocycles. The quantitative estimate of drug-likeness (QED) is 0.804. The van der Waals surface area contributed by atoms with Gasteiger partial charge in [-0.15, -0.1) is 0 Å². The number of nitrogen functional groups attached to an aromatic ring is 1. The lowest BCUT2D eigenvalue weighted by atomic mass is 10.1. The van der Waals surface area contributed by atoms with Crippen molar-refractivity contribution in [3.8, 4) is 0 Å². The van der Waals surface area contributed by atoms with Crippen molar-refractivity contribution in [2.24, 2.45) is 0 Å². The van der Waals surface area contributed by atoms with Crippen LogP contribution in [0.4, 0.5) is 15.8 Å². The first-order chi connectivity index (χ1) is 8.58. The summed E-state index contributed by atoms with van der Waals surface area (Å²) in [6, 6.07) is 12.4. The highest BCUT2D eigenvalue weighted by atomic mass is 19.1. The van der Waals surface area contributed by atoms with E-state index in [0.29, 0.717) is 0 Å². The molecule has 0 aliphatic carbocycles. The molecule has 0 saturated carbocycles. The molecule has 2 nitrogen and oxygen atoms in total. The molecule has 94 valence electrons. The van der Waals surface area contributed by atoms with Gasteiger partial charge in [-0.25, -0.2) is 4.39 Å². The van der Waals surface area contributed by atoms with E-state index in [1.807, 2.05) is 32.0 Å². The second-order valence-corrected chi connectivity index (χ2v) is 4.46. The zero-order valence-electron chi connectivity index (χ0n) is 10.6. The second-order valence-electron chi connectivity index (χ2n) is 4.46. The van der Waals surface area contributed by atoms with E-state index >= 15 is 0 Å². The van der Waals surface area contributed by atoms with E-state index < -0.39 is 0 Å². The van der Waals surface area contributed by atoms with Gasteiger partial charge in [-0.1, -0.05) is 24.3 Å². The topological polar surface area (TPSA) is 38.0 Å². The molecule has 0 heterocycles. The summed E-state index contributed by atoms with van der Waals surface area (Å²) in [7, 11) is 0. The van der Waals surface area contributed by atoms with Crippen molar-refractivity contribution in [3.63, 3.8) is 0 Å². The number of anilines is 2. The van der Waals surface area contributed by atoms with Crippen molar-refractivity contribution in [1.29, 1.82) is 0 Å². The minimum atomic E-state index is -0.221. The van der Waals surface area contributed by atoms with Gasteiger partial charge >= 0.3 is 0 Å². The highest BCUT2D eigenvalue weighted by Gasteiger charge is 2.09. The normalized spacial score (nSPS) is 12.2. The highest BCUT2D eigenvalue weighted by molar-refractivity contribution is 5.70. The van der Waals surface area contributed by atoms with Crippen LogP contribution in [0.2, 0.25) is 0 Å². The maximum Gasteiger partial charge on any atom is 0.123 e. The predicted octanol–water partition coefficient (Wildman–Crippen LogP) is 3.89. The van der Waals surface area contributed by atoms with Crippen molar-refractivity contribution in [2.45, 2.75) is 19.9 Å². The van der Waals surface area contributed by atoms with Crippen LogP contribution in [-0.4, -0.2) is 0 Å². The monoisotopic (exact) mass is 244 g/mol. The first kappa shape index (κ1) is 12.4.